The second kappa shape index (κ2) is 6.45. The van der Waals surface area contributed by atoms with Crippen molar-refractivity contribution in [2.24, 2.45) is 5.92 Å². The van der Waals surface area contributed by atoms with Gasteiger partial charge in [0.2, 0.25) is 6.04 Å². The fourth-order valence-corrected chi connectivity index (χ4v) is 2.20. The molecule has 0 aliphatic heterocycles. The van der Waals surface area contributed by atoms with E-state index in [1.807, 2.05) is 0 Å². The van der Waals surface area contributed by atoms with Crippen molar-refractivity contribution in [3.63, 3.8) is 0 Å². The Morgan fingerprint density at radius 1 is 1.38 bits per heavy atom. The quantitative estimate of drug-likeness (QED) is 0.411. The Bertz CT molecular complexity index is 246. The van der Waals surface area contributed by atoms with E-state index in [1.165, 1.54) is 0 Å². The monoisotopic (exact) mass is 229 g/mol. The molecule has 1 aliphatic rings. The van der Waals surface area contributed by atoms with Gasteiger partial charge in [0, 0.05) is 24.2 Å². The summed E-state index contributed by atoms with van der Waals surface area (Å²) in [6.45, 7) is 2.22. The fourth-order valence-electron chi connectivity index (χ4n) is 2.20. The van der Waals surface area contributed by atoms with Crippen LogP contribution in [0.1, 0.15) is 45.4 Å². The molecule has 0 spiro atoms. The first kappa shape index (κ1) is 12.9. The second-order valence-electron chi connectivity index (χ2n) is 4.30. The molecule has 0 atom stereocenters. The molecule has 16 heavy (non-hydrogen) atoms. The molecule has 1 saturated carbocycles. The molecule has 1 aliphatic carbocycles. The van der Waals surface area contributed by atoms with Gasteiger partial charge in [0.25, 0.3) is 0 Å². The van der Waals surface area contributed by atoms with Crippen LogP contribution < -0.4 is 0 Å². The number of carbonyl (C=O) groups is 1. The van der Waals surface area contributed by atoms with Crippen LogP contribution in [-0.4, -0.2) is 23.5 Å². The van der Waals surface area contributed by atoms with E-state index in [0.29, 0.717) is 31.8 Å². The molecule has 5 nitrogen and oxygen atoms in total. The van der Waals surface area contributed by atoms with E-state index in [-0.39, 0.29) is 16.9 Å². The molecule has 0 amide bonds. The van der Waals surface area contributed by atoms with E-state index in [2.05, 4.69) is 0 Å². The SMILES string of the molecule is CCOC(=O)CCC1CCC([N+](=O)[O-])CC1. The zero-order valence-corrected chi connectivity index (χ0v) is 9.68. The number of hydrogen-bond donors (Lipinski definition) is 0. The molecular weight excluding hydrogens is 210 g/mol. The summed E-state index contributed by atoms with van der Waals surface area (Å²) >= 11 is 0. The van der Waals surface area contributed by atoms with Crippen LogP contribution in [0.5, 0.6) is 0 Å². The Balaban J connectivity index is 2.17. The minimum Gasteiger partial charge on any atom is -0.466 e. The molecule has 0 unspecified atom stereocenters. The summed E-state index contributed by atoms with van der Waals surface area (Å²) in [6.07, 6.45) is 4.29. The van der Waals surface area contributed by atoms with Gasteiger partial charge in [0.1, 0.15) is 0 Å². The number of nitro groups is 1. The van der Waals surface area contributed by atoms with Crippen LogP contribution in [0.2, 0.25) is 0 Å². The lowest BCUT2D eigenvalue weighted by molar-refractivity contribution is -0.527. The topological polar surface area (TPSA) is 69.4 Å². The highest BCUT2D eigenvalue weighted by Gasteiger charge is 2.28. The first-order chi connectivity index (χ1) is 7.63. The lowest BCUT2D eigenvalue weighted by atomic mass is 9.84. The summed E-state index contributed by atoms with van der Waals surface area (Å²) in [6, 6.07) is -0.362. The maximum Gasteiger partial charge on any atom is 0.305 e. The summed E-state index contributed by atoms with van der Waals surface area (Å²) in [7, 11) is 0. The number of nitrogens with zero attached hydrogens (tertiary/aromatic N) is 1. The Morgan fingerprint density at radius 2 is 2.00 bits per heavy atom. The van der Waals surface area contributed by atoms with Crippen molar-refractivity contribution < 1.29 is 14.5 Å². The highest BCUT2D eigenvalue weighted by atomic mass is 16.6. The van der Waals surface area contributed by atoms with Crippen molar-refractivity contribution in [3.05, 3.63) is 10.1 Å². The molecule has 1 rings (SSSR count). The average Bonchev–Trinajstić information content (AvgIpc) is 2.27. The predicted molar refractivity (Wildman–Crippen MR) is 58.6 cm³/mol. The first-order valence-corrected chi connectivity index (χ1v) is 5.92. The zero-order chi connectivity index (χ0) is 12.0. The molecule has 1 fully saturated rings. The van der Waals surface area contributed by atoms with Crippen LogP contribution in [0.4, 0.5) is 0 Å². The largest absolute Gasteiger partial charge is 0.466 e. The number of ether oxygens (including phenoxy) is 1. The van der Waals surface area contributed by atoms with Gasteiger partial charge in [-0.1, -0.05) is 0 Å². The third-order valence-corrected chi connectivity index (χ3v) is 3.18. The van der Waals surface area contributed by atoms with Gasteiger partial charge in [-0.3, -0.25) is 14.9 Å². The lowest BCUT2D eigenvalue weighted by Gasteiger charge is -2.23. The average molecular weight is 229 g/mol. The standard InChI is InChI=1S/C11H19NO4/c1-2-16-11(13)8-5-9-3-6-10(7-4-9)12(14)15/h9-10H,2-8H2,1H3. The minimum absolute atomic E-state index is 0.154. The predicted octanol–water partition coefficient (Wildman–Crippen LogP) is 2.17. The van der Waals surface area contributed by atoms with E-state index in [1.54, 1.807) is 6.92 Å². The number of esters is 1. The molecule has 5 heteroatoms. The second-order valence-corrected chi connectivity index (χ2v) is 4.30. The molecule has 0 radical (unpaired) electrons. The van der Waals surface area contributed by atoms with Gasteiger partial charge in [-0.2, -0.15) is 0 Å². The van der Waals surface area contributed by atoms with Gasteiger partial charge in [-0.05, 0) is 32.1 Å². The maximum absolute atomic E-state index is 11.1. The zero-order valence-electron chi connectivity index (χ0n) is 9.68. The molecule has 0 aromatic rings. The molecular formula is C11H19NO4. The summed E-state index contributed by atoms with van der Waals surface area (Å²) in [4.78, 5) is 21.5. The molecule has 0 aromatic carbocycles. The highest BCUT2D eigenvalue weighted by Crippen LogP contribution is 2.29. The van der Waals surface area contributed by atoms with Gasteiger partial charge in [-0.25, -0.2) is 0 Å². The van der Waals surface area contributed by atoms with E-state index < -0.39 is 0 Å². The molecule has 0 heterocycles. The Kier molecular flexibility index (Phi) is 5.22. The Morgan fingerprint density at radius 3 is 2.50 bits per heavy atom. The first-order valence-electron chi connectivity index (χ1n) is 5.92. The third kappa shape index (κ3) is 4.16. The minimum atomic E-state index is -0.362. The van der Waals surface area contributed by atoms with Crippen LogP contribution in [-0.2, 0) is 9.53 Å². The summed E-state index contributed by atoms with van der Waals surface area (Å²) in [5.41, 5.74) is 0. The van der Waals surface area contributed by atoms with Crippen molar-refractivity contribution in [2.45, 2.75) is 51.5 Å². The lowest BCUT2D eigenvalue weighted by Crippen LogP contribution is -2.26. The summed E-state index contributed by atoms with van der Waals surface area (Å²) in [5, 5.41) is 10.5. The highest BCUT2D eigenvalue weighted by molar-refractivity contribution is 5.69. The molecule has 0 N–H and O–H groups in total. The maximum atomic E-state index is 11.1. The number of hydrogen-bond acceptors (Lipinski definition) is 4. The molecule has 0 aromatic heterocycles. The summed E-state index contributed by atoms with van der Waals surface area (Å²) < 4.78 is 4.85. The van der Waals surface area contributed by atoms with Crippen molar-refractivity contribution in [3.8, 4) is 0 Å². The van der Waals surface area contributed by atoms with Crippen LogP contribution in [0.3, 0.4) is 0 Å². The number of rotatable bonds is 5. The smallest absolute Gasteiger partial charge is 0.305 e. The number of carbonyl (C=O) groups excluding carboxylic acids is 1. The van der Waals surface area contributed by atoms with Crippen molar-refractivity contribution in [1.82, 2.24) is 0 Å². The van der Waals surface area contributed by atoms with Crippen molar-refractivity contribution in [1.29, 1.82) is 0 Å². The Labute approximate surface area is 95.3 Å². The van der Waals surface area contributed by atoms with E-state index in [0.717, 1.165) is 19.3 Å². The molecule has 92 valence electrons. The Hall–Kier alpha value is -1.13. The molecule has 0 bridgehead atoms. The van der Waals surface area contributed by atoms with Crippen LogP contribution >= 0.6 is 0 Å². The van der Waals surface area contributed by atoms with Gasteiger partial charge >= 0.3 is 5.97 Å². The normalized spacial score (nSPS) is 25.1. The third-order valence-electron chi connectivity index (χ3n) is 3.18. The van der Waals surface area contributed by atoms with Gasteiger partial charge < -0.3 is 4.74 Å². The fraction of sp³-hybridized carbons (Fsp3) is 0.909. The van der Waals surface area contributed by atoms with E-state index in [9.17, 15) is 14.9 Å². The molecule has 0 saturated heterocycles. The van der Waals surface area contributed by atoms with Crippen LogP contribution in [0.15, 0.2) is 0 Å². The van der Waals surface area contributed by atoms with Gasteiger partial charge in [0.15, 0.2) is 0 Å². The van der Waals surface area contributed by atoms with Gasteiger partial charge in [0.05, 0.1) is 6.61 Å². The van der Waals surface area contributed by atoms with E-state index in [4.69, 9.17) is 4.74 Å². The van der Waals surface area contributed by atoms with Crippen LogP contribution in [0.25, 0.3) is 0 Å². The van der Waals surface area contributed by atoms with Crippen LogP contribution in [0, 0.1) is 16.0 Å². The summed E-state index contributed by atoms with van der Waals surface area (Å²) in [5.74, 6) is 0.305. The van der Waals surface area contributed by atoms with E-state index >= 15 is 0 Å². The van der Waals surface area contributed by atoms with Crippen molar-refractivity contribution in [2.75, 3.05) is 6.61 Å². The van der Waals surface area contributed by atoms with Crippen molar-refractivity contribution >= 4 is 5.97 Å². The van der Waals surface area contributed by atoms with Gasteiger partial charge in [-0.15, -0.1) is 0 Å².